The van der Waals surface area contributed by atoms with Crippen molar-refractivity contribution in [3.8, 4) is 0 Å². The maximum atomic E-state index is 12.6. The summed E-state index contributed by atoms with van der Waals surface area (Å²) < 4.78 is 0. The number of carboxylic acid groups (broad SMARTS) is 1. The zero-order valence-electron chi connectivity index (χ0n) is 11.6. The highest BCUT2D eigenvalue weighted by molar-refractivity contribution is 5.88. The van der Waals surface area contributed by atoms with Gasteiger partial charge in [-0.2, -0.15) is 0 Å². The van der Waals surface area contributed by atoms with Crippen molar-refractivity contribution in [1.82, 2.24) is 10.2 Å². The molecular formula is C14H22N2O4. The third-order valence-electron chi connectivity index (χ3n) is 4.46. The molecule has 0 spiro atoms. The summed E-state index contributed by atoms with van der Waals surface area (Å²) >= 11 is 0. The Morgan fingerprint density at radius 1 is 1.15 bits per heavy atom. The quantitative estimate of drug-likeness (QED) is 0.729. The first kappa shape index (κ1) is 14.8. The summed E-state index contributed by atoms with van der Waals surface area (Å²) in [6.07, 6.45) is 6.91. The maximum absolute atomic E-state index is 12.6. The van der Waals surface area contributed by atoms with Gasteiger partial charge in [0.25, 0.3) is 0 Å². The van der Waals surface area contributed by atoms with Crippen LogP contribution in [0.25, 0.3) is 0 Å². The molecule has 1 aliphatic carbocycles. The number of likely N-dealkylation sites (tertiary alicyclic amines) is 1. The van der Waals surface area contributed by atoms with Gasteiger partial charge in [-0.05, 0) is 31.6 Å². The first-order chi connectivity index (χ1) is 9.65. The van der Waals surface area contributed by atoms with E-state index in [1.165, 1.54) is 11.3 Å². The molecular weight excluding hydrogens is 260 g/mol. The Bertz CT molecular complexity index is 379. The minimum absolute atomic E-state index is 0.136. The van der Waals surface area contributed by atoms with Crippen LogP contribution in [0.15, 0.2) is 0 Å². The number of carbonyl (C=O) groups excluding carboxylic acids is 2. The first-order valence-electron chi connectivity index (χ1n) is 7.38. The van der Waals surface area contributed by atoms with Crippen molar-refractivity contribution < 1.29 is 19.5 Å². The Hall–Kier alpha value is -1.59. The van der Waals surface area contributed by atoms with Gasteiger partial charge in [-0.3, -0.25) is 9.59 Å². The highest BCUT2D eigenvalue weighted by Crippen LogP contribution is 2.29. The molecule has 0 aromatic heterocycles. The van der Waals surface area contributed by atoms with Crippen LogP contribution in [0.3, 0.4) is 0 Å². The van der Waals surface area contributed by atoms with Crippen molar-refractivity contribution in [2.24, 2.45) is 5.92 Å². The molecule has 1 saturated carbocycles. The van der Waals surface area contributed by atoms with Crippen LogP contribution in [0.5, 0.6) is 0 Å². The van der Waals surface area contributed by atoms with Gasteiger partial charge in [0.05, 0.1) is 0 Å². The summed E-state index contributed by atoms with van der Waals surface area (Å²) in [5.74, 6) is -1.05. The number of amides is 2. The van der Waals surface area contributed by atoms with Crippen LogP contribution in [0.1, 0.15) is 44.9 Å². The van der Waals surface area contributed by atoms with Crippen molar-refractivity contribution in [2.75, 3.05) is 6.54 Å². The lowest BCUT2D eigenvalue weighted by atomic mass is 9.83. The summed E-state index contributed by atoms with van der Waals surface area (Å²) in [5.41, 5.74) is 0. The standard InChI is InChI=1S/C14H22N2O4/c17-9-15-12(10-5-2-1-3-6-10)13(18)16-8-4-7-11(16)14(19)20/h9-12H,1-8H2,(H,15,17)(H,19,20)/t11-,12-/m0/s1. The molecule has 6 nitrogen and oxygen atoms in total. The van der Waals surface area contributed by atoms with E-state index in [-0.39, 0.29) is 11.8 Å². The van der Waals surface area contributed by atoms with E-state index in [1.54, 1.807) is 0 Å². The summed E-state index contributed by atoms with van der Waals surface area (Å²) in [5, 5.41) is 11.8. The van der Waals surface area contributed by atoms with E-state index in [1.807, 2.05) is 0 Å². The van der Waals surface area contributed by atoms with Gasteiger partial charge in [0.1, 0.15) is 12.1 Å². The zero-order chi connectivity index (χ0) is 14.5. The lowest BCUT2D eigenvalue weighted by molar-refractivity contribution is -0.149. The van der Waals surface area contributed by atoms with Gasteiger partial charge in [0.2, 0.25) is 12.3 Å². The molecule has 2 amide bonds. The van der Waals surface area contributed by atoms with E-state index < -0.39 is 18.1 Å². The third kappa shape index (κ3) is 3.11. The summed E-state index contributed by atoms with van der Waals surface area (Å²) in [4.78, 5) is 36.0. The Balaban J connectivity index is 2.09. The summed E-state index contributed by atoms with van der Waals surface area (Å²) in [6, 6.07) is -1.30. The van der Waals surface area contributed by atoms with E-state index in [0.717, 1.165) is 25.7 Å². The first-order valence-corrected chi connectivity index (χ1v) is 7.38. The van der Waals surface area contributed by atoms with Crippen molar-refractivity contribution in [1.29, 1.82) is 0 Å². The molecule has 2 rings (SSSR count). The van der Waals surface area contributed by atoms with Crippen molar-refractivity contribution >= 4 is 18.3 Å². The molecule has 2 N–H and O–H groups in total. The second kappa shape index (κ2) is 6.72. The Labute approximate surface area is 118 Å². The van der Waals surface area contributed by atoms with Crippen molar-refractivity contribution in [2.45, 2.75) is 57.0 Å². The maximum Gasteiger partial charge on any atom is 0.326 e. The number of hydrogen-bond donors (Lipinski definition) is 2. The number of nitrogens with one attached hydrogen (secondary N) is 1. The van der Waals surface area contributed by atoms with Gasteiger partial charge < -0.3 is 15.3 Å². The molecule has 0 bridgehead atoms. The second-order valence-electron chi connectivity index (χ2n) is 5.69. The second-order valence-corrected chi connectivity index (χ2v) is 5.69. The molecule has 20 heavy (non-hydrogen) atoms. The monoisotopic (exact) mass is 282 g/mol. The average molecular weight is 282 g/mol. The molecule has 0 radical (unpaired) electrons. The van der Waals surface area contributed by atoms with Crippen LogP contribution < -0.4 is 5.32 Å². The van der Waals surface area contributed by atoms with Crippen LogP contribution in [-0.4, -0.2) is 46.9 Å². The Kier molecular flexibility index (Phi) is 4.98. The van der Waals surface area contributed by atoms with Crippen molar-refractivity contribution in [3.63, 3.8) is 0 Å². The number of rotatable bonds is 5. The van der Waals surface area contributed by atoms with Gasteiger partial charge in [0.15, 0.2) is 0 Å². The van der Waals surface area contributed by atoms with Crippen LogP contribution >= 0.6 is 0 Å². The van der Waals surface area contributed by atoms with Crippen LogP contribution in [0, 0.1) is 5.92 Å². The lowest BCUT2D eigenvalue weighted by Crippen LogP contribution is -2.53. The zero-order valence-corrected chi connectivity index (χ0v) is 11.6. The van der Waals surface area contributed by atoms with Gasteiger partial charge in [-0.25, -0.2) is 4.79 Å². The molecule has 2 atom stereocenters. The van der Waals surface area contributed by atoms with Crippen molar-refractivity contribution in [3.05, 3.63) is 0 Å². The third-order valence-corrected chi connectivity index (χ3v) is 4.46. The predicted molar refractivity (Wildman–Crippen MR) is 71.9 cm³/mol. The number of carbonyl (C=O) groups is 3. The highest BCUT2D eigenvalue weighted by Gasteiger charge is 2.39. The minimum atomic E-state index is -0.954. The van der Waals surface area contributed by atoms with E-state index in [9.17, 15) is 19.5 Å². The molecule has 0 aromatic carbocycles. The molecule has 6 heteroatoms. The van der Waals surface area contributed by atoms with Crippen LogP contribution in [-0.2, 0) is 14.4 Å². The lowest BCUT2D eigenvalue weighted by Gasteiger charge is -2.33. The molecule has 1 aliphatic heterocycles. The number of nitrogens with zero attached hydrogens (tertiary/aromatic N) is 1. The van der Waals surface area contributed by atoms with Gasteiger partial charge in [0, 0.05) is 6.54 Å². The summed E-state index contributed by atoms with van der Waals surface area (Å²) in [6.45, 7) is 0.472. The van der Waals surface area contributed by atoms with Gasteiger partial charge >= 0.3 is 5.97 Å². The normalized spacial score (nSPS) is 25.2. The molecule has 112 valence electrons. The fourth-order valence-corrected chi connectivity index (χ4v) is 3.42. The smallest absolute Gasteiger partial charge is 0.326 e. The average Bonchev–Trinajstić information content (AvgIpc) is 2.94. The van der Waals surface area contributed by atoms with E-state index >= 15 is 0 Å². The fraction of sp³-hybridized carbons (Fsp3) is 0.786. The molecule has 0 unspecified atom stereocenters. The van der Waals surface area contributed by atoms with E-state index in [2.05, 4.69) is 5.32 Å². The molecule has 0 aromatic rings. The predicted octanol–water partition coefficient (Wildman–Crippen LogP) is 0.757. The van der Waals surface area contributed by atoms with Gasteiger partial charge in [-0.15, -0.1) is 0 Å². The Morgan fingerprint density at radius 2 is 1.85 bits per heavy atom. The molecule has 2 aliphatic rings. The highest BCUT2D eigenvalue weighted by atomic mass is 16.4. The van der Waals surface area contributed by atoms with Crippen LogP contribution in [0.2, 0.25) is 0 Å². The number of carboxylic acids is 1. The molecule has 2 fully saturated rings. The van der Waals surface area contributed by atoms with Gasteiger partial charge in [-0.1, -0.05) is 19.3 Å². The topological polar surface area (TPSA) is 86.7 Å². The summed E-state index contributed by atoms with van der Waals surface area (Å²) in [7, 11) is 0. The molecule has 1 saturated heterocycles. The largest absolute Gasteiger partial charge is 0.480 e. The fourth-order valence-electron chi connectivity index (χ4n) is 3.42. The van der Waals surface area contributed by atoms with Crippen LogP contribution in [0.4, 0.5) is 0 Å². The number of hydrogen-bond acceptors (Lipinski definition) is 3. The SMILES string of the molecule is O=CN[C@H](C(=O)N1CCC[C@H]1C(=O)O)C1CCCCC1. The number of aliphatic carboxylic acids is 1. The molecule has 1 heterocycles. The minimum Gasteiger partial charge on any atom is -0.480 e. The van der Waals surface area contributed by atoms with E-state index in [0.29, 0.717) is 25.8 Å². The Morgan fingerprint density at radius 3 is 2.45 bits per heavy atom. The van der Waals surface area contributed by atoms with E-state index in [4.69, 9.17) is 0 Å².